The monoisotopic (exact) mass is 299 g/mol. The zero-order valence-electron chi connectivity index (χ0n) is 7.49. The lowest BCUT2D eigenvalue weighted by atomic mass is 10.2. The maximum atomic E-state index is 11.1. The van der Waals surface area contributed by atoms with Crippen LogP contribution in [0, 0.1) is 0 Å². The number of thiocarbonyl (C=S) groups is 1. The second-order valence-electron chi connectivity index (χ2n) is 2.87. The average Bonchev–Trinajstić information content (AvgIpc) is 2.49. The summed E-state index contributed by atoms with van der Waals surface area (Å²) in [6.07, 6.45) is 1.90. The van der Waals surface area contributed by atoms with Crippen LogP contribution < -0.4 is 5.32 Å². The third-order valence-corrected chi connectivity index (χ3v) is 3.84. The first kappa shape index (κ1) is 10.9. The van der Waals surface area contributed by atoms with Gasteiger partial charge in [0.05, 0.1) is 4.91 Å². The Bertz CT molecular complexity index is 470. The zero-order valence-corrected chi connectivity index (χ0v) is 10.7. The van der Waals surface area contributed by atoms with Crippen LogP contribution in [0.15, 0.2) is 33.6 Å². The normalized spacial score (nSPS) is 18.3. The number of rotatable bonds is 1. The Hall–Kier alpha value is -0.650. The molecular formula is C10H6BrNOS2. The van der Waals surface area contributed by atoms with Crippen LogP contribution in [-0.4, -0.2) is 10.2 Å². The molecule has 1 N–H and O–H groups in total. The number of hydrogen-bond acceptors (Lipinski definition) is 3. The van der Waals surface area contributed by atoms with Crippen LogP contribution in [0.1, 0.15) is 5.56 Å². The molecule has 1 heterocycles. The van der Waals surface area contributed by atoms with Gasteiger partial charge in [0, 0.05) is 4.47 Å². The third-order valence-electron chi connectivity index (χ3n) is 1.83. The number of halogens is 1. The molecule has 0 aromatic heterocycles. The van der Waals surface area contributed by atoms with E-state index in [2.05, 4.69) is 21.2 Å². The molecule has 1 aromatic rings. The lowest BCUT2D eigenvalue weighted by Gasteiger charge is -1.98. The van der Waals surface area contributed by atoms with Crippen LogP contribution in [0.4, 0.5) is 4.79 Å². The minimum atomic E-state index is -0.113. The van der Waals surface area contributed by atoms with Gasteiger partial charge in [-0.25, -0.2) is 0 Å². The summed E-state index contributed by atoms with van der Waals surface area (Å²) in [6, 6.07) is 7.79. The molecule has 0 unspecified atom stereocenters. The highest BCUT2D eigenvalue weighted by atomic mass is 79.9. The summed E-state index contributed by atoms with van der Waals surface area (Å²) in [7, 11) is 0. The van der Waals surface area contributed by atoms with E-state index in [1.54, 1.807) is 0 Å². The maximum Gasteiger partial charge on any atom is 0.289 e. The Kier molecular flexibility index (Phi) is 3.23. The molecule has 1 aliphatic heterocycles. The van der Waals surface area contributed by atoms with E-state index in [1.807, 2.05) is 30.3 Å². The van der Waals surface area contributed by atoms with Gasteiger partial charge in [0.25, 0.3) is 5.24 Å². The average molecular weight is 300 g/mol. The van der Waals surface area contributed by atoms with Gasteiger partial charge >= 0.3 is 0 Å². The van der Waals surface area contributed by atoms with Gasteiger partial charge in [-0.05, 0) is 29.5 Å². The quantitative estimate of drug-likeness (QED) is 0.635. The van der Waals surface area contributed by atoms with Gasteiger partial charge in [-0.2, -0.15) is 0 Å². The fourth-order valence-electron chi connectivity index (χ4n) is 1.15. The smallest absolute Gasteiger partial charge is 0.289 e. The number of carbonyl (C=O) groups excluding carboxylic acids is 1. The van der Waals surface area contributed by atoms with E-state index in [4.69, 9.17) is 12.2 Å². The first-order valence-electron chi connectivity index (χ1n) is 4.16. The van der Waals surface area contributed by atoms with Crippen LogP contribution in [-0.2, 0) is 0 Å². The second kappa shape index (κ2) is 4.47. The van der Waals surface area contributed by atoms with Gasteiger partial charge in [-0.15, -0.1) is 0 Å². The Labute approximate surface area is 105 Å². The topological polar surface area (TPSA) is 29.1 Å². The number of carbonyl (C=O) groups is 1. The first-order chi connectivity index (χ1) is 7.16. The fraction of sp³-hybridized carbons (Fsp3) is 0. The second-order valence-corrected chi connectivity index (χ2v) is 5.15. The molecule has 0 spiro atoms. The van der Waals surface area contributed by atoms with Crippen LogP contribution >= 0.6 is 39.9 Å². The number of benzene rings is 1. The van der Waals surface area contributed by atoms with Crippen molar-refractivity contribution in [3.05, 3.63) is 39.2 Å². The lowest BCUT2D eigenvalue weighted by Crippen LogP contribution is -2.15. The summed E-state index contributed by atoms with van der Waals surface area (Å²) in [5.74, 6) is 0. The van der Waals surface area contributed by atoms with Crippen molar-refractivity contribution in [3.63, 3.8) is 0 Å². The number of nitrogens with one attached hydrogen (secondary N) is 1. The fourth-order valence-corrected chi connectivity index (χ4v) is 2.58. The summed E-state index contributed by atoms with van der Waals surface area (Å²) in [4.78, 5) is 12.3. The molecule has 15 heavy (non-hydrogen) atoms. The maximum absolute atomic E-state index is 11.1. The number of hydrogen-bond donors (Lipinski definition) is 1. The molecule has 5 heteroatoms. The Balaban J connectivity index is 2.35. The minimum Gasteiger partial charge on any atom is -0.307 e. The molecule has 1 amide bonds. The molecule has 0 saturated carbocycles. The van der Waals surface area contributed by atoms with E-state index >= 15 is 0 Å². The molecule has 0 atom stereocenters. The van der Waals surface area contributed by atoms with Crippen molar-refractivity contribution in [1.29, 1.82) is 0 Å². The highest BCUT2D eigenvalue weighted by Gasteiger charge is 2.21. The summed E-state index contributed by atoms with van der Waals surface area (Å²) in [6.45, 7) is 0. The van der Waals surface area contributed by atoms with E-state index in [9.17, 15) is 4.79 Å². The Morgan fingerprint density at radius 1 is 1.40 bits per heavy atom. The predicted octanol–water partition coefficient (Wildman–Crippen LogP) is 3.57. The van der Waals surface area contributed by atoms with Crippen molar-refractivity contribution < 1.29 is 4.79 Å². The van der Waals surface area contributed by atoms with Gasteiger partial charge in [-0.1, -0.05) is 46.3 Å². The molecule has 1 saturated heterocycles. The van der Waals surface area contributed by atoms with Gasteiger partial charge in [0.15, 0.2) is 0 Å². The molecule has 1 aliphatic rings. The molecule has 0 radical (unpaired) electrons. The number of thioether (sulfide) groups is 1. The summed E-state index contributed by atoms with van der Waals surface area (Å²) < 4.78 is 0.986. The van der Waals surface area contributed by atoms with Gasteiger partial charge in [-0.3, -0.25) is 4.79 Å². The van der Waals surface area contributed by atoms with E-state index in [1.165, 1.54) is 0 Å². The third kappa shape index (κ3) is 2.48. The van der Waals surface area contributed by atoms with Crippen molar-refractivity contribution in [2.24, 2.45) is 0 Å². The highest BCUT2D eigenvalue weighted by molar-refractivity contribution is 9.10. The van der Waals surface area contributed by atoms with Gasteiger partial charge in [0.1, 0.15) is 4.99 Å². The SMILES string of the molecule is O=C1NC(=S)C(=Cc2ccccc2Br)S1. The molecule has 2 nitrogen and oxygen atoms in total. The molecule has 1 aromatic carbocycles. The van der Waals surface area contributed by atoms with Crippen molar-refractivity contribution >= 4 is 56.2 Å². The Morgan fingerprint density at radius 3 is 2.73 bits per heavy atom. The van der Waals surface area contributed by atoms with E-state index in [-0.39, 0.29) is 5.24 Å². The largest absolute Gasteiger partial charge is 0.307 e. The molecular weight excluding hydrogens is 294 g/mol. The summed E-state index contributed by atoms with van der Waals surface area (Å²) in [5.41, 5.74) is 1.01. The van der Waals surface area contributed by atoms with Crippen molar-refractivity contribution in [2.45, 2.75) is 0 Å². The Morgan fingerprint density at radius 2 is 2.13 bits per heavy atom. The molecule has 2 rings (SSSR count). The van der Waals surface area contributed by atoms with Crippen LogP contribution in [0.3, 0.4) is 0 Å². The summed E-state index contributed by atoms with van der Waals surface area (Å²) >= 11 is 9.59. The zero-order chi connectivity index (χ0) is 10.8. The van der Waals surface area contributed by atoms with Crippen molar-refractivity contribution in [2.75, 3.05) is 0 Å². The minimum absolute atomic E-state index is 0.113. The standard InChI is InChI=1S/C10H6BrNOS2/c11-7-4-2-1-3-6(7)5-8-9(14)12-10(13)15-8/h1-5H,(H,12,13,14). The van der Waals surface area contributed by atoms with Crippen molar-refractivity contribution in [1.82, 2.24) is 5.32 Å². The molecule has 1 fully saturated rings. The predicted molar refractivity (Wildman–Crippen MR) is 70.8 cm³/mol. The van der Waals surface area contributed by atoms with Crippen LogP contribution in [0.25, 0.3) is 6.08 Å². The molecule has 76 valence electrons. The van der Waals surface area contributed by atoms with Gasteiger partial charge in [0.2, 0.25) is 0 Å². The van der Waals surface area contributed by atoms with E-state index in [0.717, 1.165) is 26.7 Å². The van der Waals surface area contributed by atoms with Crippen molar-refractivity contribution in [3.8, 4) is 0 Å². The van der Waals surface area contributed by atoms with E-state index in [0.29, 0.717) is 4.99 Å². The van der Waals surface area contributed by atoms with Gasteiger partial charge < -0.3 is 5.32 Å². The molecule has 0 bridgehead atoms. The van der Waals surface area contributed by atoms with E-state index < -0.39 is 0 Å². The first-order valence-corrected chi connectivity index (χ1v) is 6.18. The highest BCUT2D eigenvalue weighted by Crippen LogP contribution is 2.28. The number of amides is 1. The molecule has 0 aliphatic carbocycles. The van der Waals surface area contributed by atoms with Crippen LogP contribution in [0.5, 0.6) is 0 Å². The van der Waals surface area contributed by atoms with Crippen LogP contribution in [0.2, 0.25) is 0 Å². The summed E-state index contributed by atoms with van der Waals surface area (Å²) in [5, 5.41) is 2.47. The lowest BCUT2D eigenvalue weighted by molar-refractivity contribution is 0.265.